The predicted molar refractivity (Wildman–Crippen MR) is 80.7 cm³/mol. The van der Waals surface area contributed by atoms with Gasteiger partial charge in [0.25, 0.3) is 0 Å². The molecule has 0 aliphatic heterocycles. The number of Topliss-reactive ketones (excluding diaryl/α,β-unsaturated/α-hetero) is 1. The third-order valence-electron chi connectivity index (χ3n) is 3.97. The summed E-state index contributed by atoms with van der Waals surface area (Å²) in [5.41, 5.74) is 4.61. The molecule has 1 aliphatic carbocycles. The summed E-state index contributed by atoms with van der Waals surface area (Å²) in [5, 5.41) is 0. The number of ketones is 1. The average molecular weight is 256 g/mol. The van der Waals surface area contributed by atoms with Crippen LogP contribution in [0.2, 0.25) is 0 Å². The molecule has 1 atom stereocenters. The Hall–Kier alpha value is -1.37. The first-order chi connectivity index (χ1) is 8.79. The second-order valence-electron chi connectivity index (χ2n) is 6.88. The molecule has 0 fully saturated rings. The molecule has 19 heavy (non-hydrogen) atoms. The van der Waals surface area contributed by atoms with Gasteiger partial charge in [0.15, 0.2) is 5.78 Å². The molecule has 1 heteroatoms. The number of fused-ring (bicyclic) bond motifs is 1. The summed E-state index contributed by atoms with van der Waals surface area (Å²) in [7, 11) is 0. The molecular weight excluding hydrogens is 232 g/mol. The van der Waals surface area contributed by atoms with Gasteiger partial charge in [-0.25, -0.2) is 0 Å². The Labute approximate surface area is 116 Å². The lowest BCUT2D eigenvalue weighted by molar-refractivity contribution is 0.0901. The minimum Gasteiger partial charge on any atom is -0.294 e. The highest BCUT2D eigenvalue weighted by molar-refractivity contribution is 6.00. The molecule has 0 bridgehead atoms. The molecule has 0 aromatic heterocycles. The molecule has 2 rings (SSSR count). The fourth-order valence-corrected chi connectivity index (χ4v) is 2.79. The van der Waals surface area contributed by atoms with Crippen molar-refractivity contribution in [1.82, 2.24) is 0 Å². The minimum atomic E-state index is 0.0939. The first-order valence-corrected chi connectivity index (χ1v) is 7.11. The van der Waals surface area contributed by atoms with Crippen LogP contribution in [-0.4, -0.2) is 5.78 Å². The van der Waals surface area contributed by atoms with Crippen LogP contribution in [0.3, 0.4) is 0 Å². The van der Waals surface area contributed by atoms with Gasteiger partial charge in [-0.05, 0) is 48.8 Å². The molecule has 0 spiro atoms. The molecule has 1 aliphatic rings. The number of hydrogen-bond acceptors (Lipinski definition) is 1. The van der Waals surface area contributed by atoms with E-state index in [1.54, 1.807) is 0 Å². The molecule has 0 N–H and O–H groups in total. The summed E-state index contributed by atoms with van der Waals surface area (Å²) in [6.45, 7) is 12.5. The monoisotopic (exact) mass is 256 g/mol. The lowest BCUT2D eigenvalue weighted by Crippen LogP contribution is -2.24. The second kappa shape index (κ2) is 4.96. The van der Waals surface area contributed by atoms with Crippen LogP contribution in [0.15, 0.2) is 30.4 Å². The molecule has 102 valence electrons. The maximum absolute atomic E-state index is 12.6. The molecule has 0 saturated heterocycles. The van der Waals surface area contributed by atoms with E-state index in [2.05, 4.69) is 45.5 Å². The van der Waals surface area contributed by atoms with Crippen molar-refractivity contribution in [3.8, 4) is 0 Å². The molecule has 1 aromatic carbocycles. The second-order valence-corrected chi connectivity index (χ2v) is 6.88. The highest BCUT2D eigenvalue weighted by atomic mass is 16.1. The number of rotatable bonds is 2. The van der Waals surface area contributed by atoms with Gasteiger partial charge in [-0.3, -0.25) is 4.79 Å². The van der Waals surface area contributed by atoms with Crippen LogP contribution in [0.5, 0.6) is 0 Å². The van der Waals surface area contributed by atoms with Gasteiger partial charge in [-0.1, -0.05) is 38.5 Å². The van der Waals surface area contributed by atoms with Crippen LogP contribution in [0.1, 0.15) is 62.0 Å². The minimum absolute atomic E-state index is 0.0939. The van der Waals surface area contributed by atoms with E-state index < -0.39 is 0 Å². The highest BCUT2D eigenvalue weighted by Gasteiger charge is 2.28. The lowest BCUT2D eigenvalue weighted by Gasteiger charge is -2.26. The summed E-state index contributed by atoms with van der Waals surface area (Å²) in [4.78, 5) is 12.6. The van der Waals surface area contributed by atoms with Crippen molar-refractivity contribution in [1.29, 1.82) is 0 Å². The third kappa shape index (κ3) is 2.97. The average Bonchev–Trinajstić information content (AvgIpc) is 2.31. The lowest BCUT2D eigenvalue weighted by atomic mass is 9.77. The zero-order chi connectivity index (χ0) is 14.2. The number of carbonyl (C=O) groups excluding carboxylic acids is 1. The van der Waals surface area contributed by atoms with Gasteiger partial charge in [0.2, 0.25) is 0 Å². The quantitative estimate of drug-likeness (QED) is 0.701. The topological polar surface area (TPSA) is 17.1 Å². The Morgan fingerprint density at radius 1 is 1.37 bits per heavy atom. The van der Waals surface area contributed by atoms with E-state index in [-0.39, 0.29) is 11.3 Å². The fraction of sp³-hybridized carbons (Fsp3) is 0.500. The van der Waals surface area contributed by atoms with Gasteiger partial charge in [0, 0.05) is 11.5 Å². The maximum Gasteiger partial charge on any atom is 0.166 e. The van der Waals surface area contributed by atoms with Gasteiger partial charge >= 0.3 is 0 Å². The van der Waals surface area contributed by atoms with E-state index in [0.717, 1.165) is 30.4 Å². The zero-order valence-corrected chi connectivity index (χ0v) is 12.5. The van der Waals surface area contributed by atoms with Gasteiger partial charge in [0.1, 0.15) is 0 Å². The van der Waals surface area contributed by atoms with Crippen molar-refractivity contribution < 1.29 is 4.79 Å². The highest BCUT2D eigenvalue weighted by Crippen LogP contribution is 2.32. The summed E-state index contributed by atoms with van der Waals surface area (Å²) >= 11 is 0. The van der Waals surface area contributed by atoms with Crippen LogP contribution in [0.4, 0.5) is 0 Å². The largest absolute Gasteiger partial charge is 0.294 e. The number of carbonyl (C=O) groups is 1. The van der Waals surface area contributed by atoms with Gasteiger partial charge in [-0.2, -0.15) is 0 Å². The third-order valence-corrected chi connectivity index (χ3v) is 3.97. The molecule has 0 heterocycles. The van der Waals surface area contributed by atoms with Crippen molar-refractivity contribution in [2.24, 2.45) is 5.92 Å². The Morgan fingerprint density at radius 3 is 2.63 bits per heavy atom. The normalized spacial score (nSPS) is 19.2. The fourth-order valence-electron chi connectivity index (χ4n) is 2.79. The summed E-state index contributed by atoms with van der Waals surface area (Å²) < 4.78 is 0. The van der Waals surface area contributed by atoms with E-state index in [1.165, 1.54) is 11.1 Å². The van der Waals surface area contributed by atoms with E-state index in [0.29, 0.717) is 5.78 Å². The van der Waals surface area contributed by atoms with Crippen LogP contribution in [0.25, 0.3) is 0 Å². The Balaban J connectivity index is 2.36. The zero-order valence-electron chi connectivity index (χ0n) is 12.5. The van der Waals surface area contributed by atoms with Crippen molar-refractivity contribution in [3.63, 3.8) is 0 Å². The Kier molecular flexibility index (Phi) is 3.66. The molecular formula is C18H24O. The van der Waals surface area contributed by atoms with Crippen LogP contribution >= 0.6 is 0 Å². The predicted octanol–water partition coefficient (Wildman–Crippen LogP) is 4.70. The molecule has 1 unspecified atom stereocenters. The maximum atomic E-state index is 12.6. The Bertz CT molecular complexity index is 517. The van der Waals surface area contributed by atoms with Crippen LogP contribution in [0, 0.1) is 5.92 Å². The summed E-state index contributed by atoms with van der Waals surface area (Å²) in [6, 6.07) is 6.43. The van der Waals surface area contributed by atoms with Gasteiger partial charge < -0.3 is 0 Å². The first kappa shape index (κ1) is 14.0. The molecule has 0 saturated carbocycles. The van der Waals surface area contributed by atoms with E-state index >= 15 is 0 Å². The van der Waals surface area contributed by atoms with Gasteiger partial charge in [-0.15, -0.1) is 6.58 Å². The van der Waals surface area contributed by atoms with Crippen LogP contribution < -0.4 is 0 Å². The molecule has 0 amide bonds. The molecule has 1 nitrogen and oxygen atoms in total. The number of aryl methyl sites for hydroxylation is 1. The van der Waals surface area contributed by atoms with Crippen molar-refractivity contribution >= 4 is 5.78 Å². The van der Waals surface area contributed by atoms with Gasteiger partial charge in [0.05, 0.1) is 0 Å². The van der Waals surface area contributed by atoms with E-state index in [9.17, 15) is 4.79 Å². The molecule has 1 aromatic rings. The Morgan fingerprint density at radius 2 is 2.05 bits per heavy atom. The smallest absolute Gasteiger partial charge is 0.166 e. The SMILES string of the molecule is C=C(C)CC1CCc2ccc(C(C)(C)C)cc2C1=O. The summed E-state index contributed by atoms with van der Waals surface area (Å²) in [5.74, 6) is 0.454. The summed E-state index contributed by atoms with van der Waals surface area (Å²) in [6.07, 6.45) is 2.81. The van der Waals surface area contributed by atoms with Crippen LogP contribution in [-0.2, 0) is 11.8 Å². The number of hydrogen-bond donors (Lipinski definition) is 0. The number of allylic oxidation sites excluding steroid dienone is 1. The van der Waals surface area contributed by atoms with Crippen molar-refractivity contribution in [2.45, 2.75) is 52.4 Å². The first-order valence-electron chi connectivity index (χ1n) is 7.11. The van der Waals surface area contributed by atoms with Crippen molar-refractivity contribution in [3.05, 3.63) is 47.0 Å². The molecule has 0 radical (unpaired) electrons. The van der Waals surface area contributed by atoms with Crippen molar-refractivity contribution in [2.75, 3.05) is 0 Å². The number of benzene rings is 1. The standard InChI is InChI=1S/C18H24O/c1-12(2)10-14-7-6-13-8-9-15(18(3,4)5)11-16(13)17(14)19/h8-9,11,14H,1,6-7,10H2,2-5H3. The van der Waals surface area contributed by atoms with E-state index in [4.69, 9.17) is 0 Å². The van der Waals surface area contributed by atoms with E-state index in [1.807, 2.05) is 6.92 Å².